The van der Waals surface area contributed by atoms with Gasteiger partial charge in [-0.25, -0.2) is 9.78 Å². The maximum absolute atomic E-state index is 12.7. The topological polar surface area (TPSA) is 90.3 Å². The zero-order chi connectivity index (χ0) is 19.6. The van der Waals surface area contributed by atoms with Gasteiger partial charge < -0.3 is 10.1 Å². The number of aryl methyl sites for hydroxylation is 2. The van der Waals surface area contributed by atoms with E-state index in [0.29, 0.717) is 27.3 Å². The van der Waals surface area contributed by atoms with Crippen LogP contribution in [0.2, 0.25) is 0 Å². The standard InChI is InChI=1S/C19H19N3O4S/c1-4-14-9-15-17(27-14)20-11(2)22(18(15)24)10-16(23)21-13-7-5-12(6-8-13)19(25)26-3/h5-9H,4,10H2,1-3H3,(H,21,23). The smallest absolute Gasteiger partial charge is 0.337 e. The number of methoxy groups -OCH3 is 1. The zero-order valence-electron chi connectivity index (χ0n) is 15.2. The van der Waals surface area contributed by atoms with Gasteiger partial charge in [-0.3, -0.25) is 14.2 Å². The Balaban J connectivity index is 1.79. The van der Waals surface area contributed by atoms with Crippen LogP contribution in [-0.4, -0.2) is 28.5 Å². The predicted molar refractivity (Wildman–Crippen MR) is 104 cm³/mol. The summed E-state index contributed by atoms with van der Waals surface area (Å²) in [6.07, 6.45) is 0.835. The number of amides is 1. The number of rotatable bonds is 5. The first-order chi connectivity index (χ1) is 12.9. The lowest BCUT2D eigenvalue weighted by atomic mass is 10.2. The number of aromatic nitrogens is 2. The highest BCUT2D eigenvalue weighted by Gasteiger charge is 2.14. The molecule has 0 radical (unpaired) electrons. The summed E-state index contributed by atoms with van der Waals surface area (Å²) in [5.41, 5.74) is 0.697. The Morgan fingerprint density at radius 3 is 2.59 bits per heavy atom. The molecule has 1 aromatic carbocycles. The molecule has 3 rings (SSSR count). The first kappa shape index (κ1) is 18.8. The van der Waals surface area contributed by atoms with Gasteiger partial charge in [-0.1, -0.05) is 6.92 Å². The van der Waals surface area contributed by atoms with E-state index in [1.54, 1.807) is 31.2 Å². The lowest BCUT2D eigenvalue weighted by molar-refractivity contribution is -0.116. The summed E-state index contributed by atoms with van der Waals surface area (Å²) in [5, 5.41) is 3.26. The second-order valence-corrected chi connectivity index (χ2v) is 7.07. The van der Waals surface area contributed by atoms with Gasteiger partial charge in [0.1, 0.15) is 17.2 Å². The summed E-state index contributed by atoms with van der Waals surface area (Å²) in [6.45, 7) is 3.60. The zero-order valence-corrected chi connectivity index (χ0v) is 16.1. The van der Waals surface area contributed by atoms with E-state index in [0.717, 1.165) is 11.3 Å². The summed E-state index contributed by atoms with van der Waals surface area (Å²) in [5.74, 6) is -0.303. The molecule has 0 unspecified atom stereocenters. The maximum Gasteiger partial charge on any atom is 0.337 e. The van der Waals surface area contributed by atoms with Crippen molar-refractivity contribution in [1.82, 2.24) is 9.55 Å². The molecule has 0 aliphatic rings. The fourth-order valence-corrected chi connectivity index (χ4v) is 3.68. The van der Waals surface area contributed by atoms with Gasteiger partial charge in [0.25, 0.3) is 5.56 Å². The summed E-state index contributed by atoms with van der Waals surface area (Å²) in [6, 6.07) is 8.17. The number of anilines is 1. The van der Waals surface area contributed by atoms with E-state index in [4.69, 9.17) is 0 Å². The molecule has 0 spiro atoms. The fraction of sp³-hybridized carbons (Fsp3) is 0.263. The molecule has 0 aliphatic heterocycles. The molecule has 2 heterocycles. The number of fused-ring (bicyclic) bond motifs is 1. The predicted octanol–water partition coefficient (Wildman–Crippen LogP) is 2.75. The Kier molecular flexibility index (Phi) is 5.36. The van der Waals surface area contributed by atoms with Crippen LogP contribution in [-0.2, 0) is 22.5 Å². The highest BCUT2D eigenvalue weighted by Crippen LogP contribution is 2.22. The molecular weight excluding hydrogens is 366 g/mol. The quantitative estimate of drug-likeness (QED) is 0.682. The highest BCUT2D eigenvalue weighted by atomic mass is 32.1. The molecule has 140 valence electrons. The van der Waals surface area contributed by atoms with Crippen molar-refractivity contribution in [1.29, 1.82) is 0 Å². The molecule has 0 aliphatic carbocycles. The molecule has 1 N–H and O–H groups in total. The van der Waals surface area contributed by atoms with Crippen molar-refractivity contribution in [2.24, 2.45) is 0 Å². The van der Waals surface area contributed by atoms with Crippen molar-refractivity contribution < 1.29 is 14.3 Å². The van der Waals surface area contributed by atoms with Crippen LogP contribution in [0.15, 0.2) is 35.1 Å². The van der Waals surface area contributed by atoms with Gasteiger partial charge in [0, 0.05) is 10.6 Å². The van der Waals surface area contributed by atoms with Crippen molar-refractivity contribution in [2.75, 3.05) is 12.4 Å². The third-order valence-electron chi connectivity index (χ3n) is 4.13. The lowest BCUT2D eigenvalue weighted by Gasteiger charge is -2.10. The van der Waals surface area contributed by atoms with Crippen LogP contribution >= 0.6 is 11.3 Å². The summed E-state index contributed by atoms with van der Waals surface area (Å²) < 4.78 is 6.00. The number of carbonyl (C=O) groups excluding carboxylic acids is 2. The van der Waals surface area contributed by atoms with E-state index >= 15 is 0 Å². The molecule has 3 aromatic rings. The average molecular weight is 385 g/mol. The Bertz CT molecular complexity index is 1070. The third kappa shape index (κ3) is 3.90. The molecule has 2 aromatic heterocycles. The van der Waals surface area contributed by atoms with Crippen LogP contribution in [0.4, 0.5) is 5.69 Å². The number of nitrogens with zero attached hydrogens (tertiary/aromatic N) is 2. The van der Waals surface area contributed by atoms with Crippen molar-refractivity contribution in [3.05, 3.63) is 57.0 Å². The van der Waals surface area contributed by atoms with Gasteiger partial charge in [-0.05, 0) is 43.7 Å². The first-order valence-electron chi connectivity index (χ1n) is 8.41. The van der Waals surface area contributed by atoms with Crippen molar-refractivity contribution in [3.8, 4) is 0 Å². The van der Waals surface area contributed by atoms with E-state index in [1.807, 2.05) is 13.0 Å². The number of thiophene rings is 1. The van der Waals surface area contributed by atoms with Crippen molar-refractivity contribution >= 4 is 39.1 Å². The maximum atomic E-state index is 12.7. The molecule has 8 heteroatoms. The minimum Gasteiger partial charge on any atom is -0.465 e. The van der Waals surface area contributed by atoms with Gasteiger partial charge in [0.05, 0.1) is 18.1 Å². The molecule has 0 atom stereocenters. The average Bonchev–Trinajstić information content (AvgIpc) is 3.08. The number of hydrogen-bond donors (Lipinski definition) is 1. The number of benzene rings is 1. The van der Waals surface area contributed by atoms with Crippen LogP contribution in [0.5, 0.6) is 0 Å². The van der Waals surface area contributed by atoms with Gasteiger partial charge in [0.2, 0.25) is 5.91 Å². The summed E-state index contributed by atoms with van der Waals surface area (Å²) in [4.78, 5) is 42.8. The summed E-state index contributed by atoms with van der Waals surface area (Å²) >= 11 is 1.50. The van der Waals surface area contributed by atoms with Gasteiger partial charge in [-0.15, -0.1) is 11.3 Å². The number of ether oxygens (including phenoxy) is 1. The Hall–Kier alpha value is -3.00. The first-order valence-corrected chi connectivity index (χ1v) is 9.22. The number of hydrogen-bond acceptors (Lipinski definition) is 6. The molecule has 1 amide bonds. The van der Waals surface area contributed by atoms with Crippen molar-refractivity contribution in [3.63, 3.8) is 0 Å². The van der Waals surface area contributed by atoms with Crippen LogP contribution in [0.25, 0.3) is 10.2 Å². The van der Waals surface area contributed by atoms with Crippen LogP contribution in [0, 0.1) is 6.92 Å². The second kappa shape index (κ2) is 7.71. The molecule has 0 bridgehead atoms. The monoisotopic (exact) mass is 385 g/mol. The number of carbonyl (C=O) groups is 2. The summed E-state index contributed by atoms with van der Waals surface area (Å²) in [7, 11) is 1.31. The Labute approximate surface area is 159 Å². The van der Waals surface area contributed by atoms with E-state index in [2.05, 4.69) is 15.0 Å². The molecule has 7 nitrogen and oxygen atoms in total. The minimum atomic E-state index is -0.448. The lowest BCUT2D eigenvalue weighted by Crippen LogP contribution is -2.29. The van der Waals surface area contributed by atoms with Crippen LogP contribution in [0.1, 0.15) is 28.0 Å². The van der Waals surface area contributed by atoms with Crippen molar-refractivity contribution in [2.45, 2.75) is 26.8 Å². The van der Waals surface area contributed by atoms with Gasteiger partial charge >= 0.3 is 5.97 Å². The SMILES string of the molecule is CCc1cc2c(=O)n(CC(=O)Nc3ccc(C(=O)OC)cc3)c(C)nc2s1. The fourth-order valence-electron chi connectivity index (χ4n) is 2.68. The van der Waals surface area contributed by atoms with E-state index in [1.165, 1.54) is 23.0 Å². The van der Waals surface area contributed by atoms with Gasteiger partial charge in [0.15, 0.2) is 0 Å². The Morgan fingerprint density at radius 2 is 1.96 bits per heavy atom. The molecule has 0 saturated heterocycles. The number of esters is 1. The van der Waals surface area contributed by atoms with Crippen LogP contribution in [0.3, 0.4) is 0 Å². The largest absolute Gasteiger partial charge is 0.465 e. The third-order valence-corrected chi connectivity index (χ3v) is 5.31. The molecule has 0 fully saturated rings. The second-order valence-electron chi connectivity index (χ2n) is 5.95. The van der Waals surface area contributed by atoms with E-state index < -0.39 is 5.97 Å². The van der Waals surface area contributed by atoms with Gasteiger partial charge in [-0.2, -0.15) is 0 Å². The minimum absolute atomic E-state index is 0.135. The molecule has 0 saturated carbocycles. The molecular formula is C19H19N3O4S. The normalized spacial score (nSPS) is 10.8. The highest BCUT2D eigenvalue weighted by molar-refractivity contribution is 7.18. The molecule has 27 heavy (non-hydrogen) atoms. The van der Waals surface area contributed by atoms with E-state index in [9.17, 15) is 14.4 Å². The van der Waals surface area contributed by atoms with E-state index in [-0.39, 0.29) is 18.0 Å². The number of nitrogens with one attached hydrogen (secondary N) is 1. The van der Waals surface area contributed by atoms with Crippen LogP contribution < -0.4 is 10.9 Å². The Morgan fingerprint density at radius 1 is 1.26 bits per heavy atom.